The molecule has 1 aliphatic carbocycles. The Morgan fingerprint density at radius 3 is 2.93 bits per heavy atom. The number of hydrogen-bond acceptors (Lipinski definition) is 4. The number of nitrogens with one attached hydrogen (secondary N) is 1. The maximum Gasteiger partial charge on any atom is 0.357 e. The largest absolute Gasteiger partial charge is 0.476 e. The number of carboxylic acids is 1. The molecule has 5 heteroatoms. The highest BCUT2D eigenvalue weighted by Crippen LogP contribution is 2.51. The van der Waals surface area contributed by atoms with Gasteiger partial charge in [0.2, 0.25) is 0 Å². The molecule has 1 fully saturated rings. The van der Waals surface area contributed by atoms with Crippen molar-refractivity contribution in [3.63, 3.8) is 0 Å². The second-order valence-electron chi connectivity index (χ2n) is 4.61. The number of carbonyl (C=O) groups is 1. The van der Waals surface area contributed by atoms with Crippen molar-refractivity contribution in [2.45, 2.75) is 20.3 Å². The highest BCUT2D eigenvalue weighted by molar-refractivity contribution is 5.85. The van der Waals surface area contributed by atoms with Crippen LogP contribution in [0.1, 0.15) is 30.8 Å². The predicted octanol–water partition coefficient (Wildman–Crippen LogP) is 1.83. The van der Waals surface area contributed by atoms with Gasteiger partial charge in [-0.15, -0.1) is 0 Å². The first-order valence-electron chi connectivity index (χ1n) is 4.92. The standard InChI is InChI=1S/C10H14N2O3/c1-10(2)3-6(10)4-11-9-12-7(5-15-9)8(13)14/h5-6H,3-4H2,1-2H3,(H,11,12)(H,13,14). The van der Waals surface area contributed by atoms with Gasteiger partial charge in [-0.1, -0.05) is 13.8 Å². The molecule has 1 aromatic rings. The van der Waals surface area contributed by atoms with Crippen molar-refractivity contribution in [1.29, 1.82) is 0 Å². The van der Waals surface area contributed by atoms with Crippen LogP contribution < -0.4 is 5.32 Å². The van der Waals surface area contributed by atoms with Gasteiger partial charge in [-0.05, 0) is 17.8 Å². The average molecular weight is 210 g/mol. The summed E-state index contributed by atoms with van der Waals surface area (Å²) in [5.74, 6) is -0.448. The van der Waals surface area contributed by atoms with Crippen molar-refractivity contribution in [3.8, 4) is 0 Å². The van der Waals surface area contributed by atoms with Gasteiger partial charge in [0.25, 0.3) is 6.01 Å². The molecule has 0 aliphatic heterocycles. The number of rotatable bonds is 4. The fraction of sp³-hybridized carbons (Fsp3) is 0.600. The lowest BCUT2D eigenvalue weighted by Gasteiger charge is -2.02. The first-order valence-corrected chi connectivity index (χ1v) is 4.92. The summed E-state index contributed by atoms with van der Waals surface area (Å²) in [6, 6.07) is 0.287. The molecule has 0 aromatic carbocycles. The lowest BCUT2D eigenvalue weighted by atomic mass is 10.1. The molecule has 0 radical (unpaired) electrons. The summed E-state index contributed by atoms with van der Waals surface area (Å²) < 4.78 is 4.97. The highest BCUT2D eigenvalue weighted by atomic mass is 16.4. The van der Waals surface area contributed by atoms with E-state index in [1.807, 2.05) is 0 Å². The van der Waals surface area contributed by atoms with Crippen LogP contribution in [0.5, 0.6) is 0 Å². The molecule has 5 nitrogen and oxygen atoms in total. The lowest BCUT2D eigenvalue weighted by Crippen LogP contribution is -2.07. The summed E-state index contributed by atoms with van der Waals surface area (Å²) in [7, 11) is 0. The van der Waals surface area contributed by atoms with Gasteiger partial charge in [0.05, 0.1) is 0 Å². The van der Waals surface area contributed by atoms with Gasteiger partial charge in [-0.3, -0.25) is 0 Å². The maximum atomic E-state index is 10.5. The zero-order chi connectivity index (χ0) is 11.1. The number of anilines is 1. The van der Waals surface area contributed by atoms with E-state index in [9.17, 15) is 4.79 Å². The minimum atomic E-state index is -1.07. The Hall–Kier alpha value is -1.52. The third-order valence-corrected chi connectivity index (χ3v) is 2.94. The van der Waals surface area contributed by atoms with Crippen molar-refractivity contribution in [3.05, 3.63) is 12.0 Å². The number of aromatic carboxylic acids is 1. The van der Waals surface area contributed by atoms with E-state index in [0.29, 0.717) is 11.3 Å². The van der Waals surface area contributed by atoms with E-state index >= 15 is 0 Å². The van der Waals surface area contributed by atoms with Crippen LogP contribution in [0.4, 0.5) is 6.01 Å². The SMILES string of the molecule is CC1(C)CC1CNc1nc(C(=O)O)co1. The Kier molecular flexibility index (Phi) is 2.17. The molecule has 1 saturated carbocycles. The van der Waals surface area contributed by atoms with Gasteiger partial charge < -0.3 is 14.8 Å². The number of hydrogen-bond donors (Lipinski definition) is 2. The molecule has 2 rings (SSSR count). The Morgan fingerprint density at radius 1 is 1.80 bits per heavy atom. The second kappa shape index (κ2) is 3.25. The highest BCUT2D eigenvalue weighted by Gasteiger charge is 2.45. The molecule has 0 bridgehead atoms. The molecule has 0 spiro atoms. The quantitative estimate of drug-likeness (QED) is 0.792. The van der Waals surface area contributed by atoms with E-state index in [1.54, 1.807) is 0 Å². The van der Waals surface area contributed by atoms with Crippen molar-refractivity contribution in [2.24, 2.45) is 11.3 Å². The molecule has 0 amide bonds. The summed E-state index contributed by atoms with van der Waals surface area (Å²) in [6.45, 7) is 5.20. The normalized spacial score (nSPS) is 22.4. The molecule has 1 unspecified atom stereocenters. The molecule has 1 aliphatic rings. The van der Waals surface area contributed by atoms with Crippen LogP contribution >= 0.6 is 0 Å². The maximum absolute atomic E-state index is 10.5. The van der Waals surface area contributed by atoms with Gasteiger partial charge in [0.15, 0.2) is 5.69 Å². The minimum absolute atomic E-state index is 0.0624. The van der Waals surface area contributed by atoms with E-state index in [4.69, 9.17) is 9.52 Å². The molecular formula is C10H14N2O3. The summed E-state index contributed by atoms with van der Waals surface area (Å²) in [4.78, 5) is 14.3. The van der Waals surface area contributed by atoms with Gasteiger partial charge in [-0.25, -0.2) is 4.79 Å². The van der Waals surface area contributed by atoms with Gasteiger partial charge in [0.1, 0.15) is 6.26 Å². The fourth-order valence-electron chi connectivity index (χ4n) is 1.59. The predicted molar refractivity (Wildman–Crippen MR) is 53.8 cm³/mol. The van der Waals surface area contributed by atoms with Crippen molar-refractivity contribution in [1.82, 2.24) is 4.98 Å². The molecule has 1 heterocycles. The first-order chi connectivity index (χ1) is 6.99. The van der Waals surface area contributed by atoms with Gasteiger partial charge >= 0.3 is 5.97 Å². The van der Waals surface area contributed by atoms with E-state index in [0.717, 1.165) is 12.8 Å². The summed E-state index contributed by atoms with van der Waals surface area (Å²) in [6.07, 6.45) is 2.33. The van der Waals surface area contributed by atoms with Crippen molar-refractivity contribution >= 4 is 12.0 Å². The van der Waals surface area contributed by atoms with E-state index < -0.39 is 5.97 Å². The van der Waals surface area contributed by atoms with Crippen LogP contribution in [0.25, 0.3) is 0 Å². The van der Waals surface area contributed by atoms with Crippen LogP contribution in [0.15, 0.2) is 10.7 Å². The topological polar surface area (TPSA) is 75.4 Å². The molecule has 1 atom stereocenters. The zero-order valence-electron chi connectivity index (χ0n) is 8.78. The fourth-order valence-corrected chi connectivity index (χ4v) is 1.59. The molecule has 82 valence electrons. The zero-order valence-corrected chi connectivity index (χ0v) is 8.78. The van der Waals surface area contributed by atoms with E-state index in [1.165, 1.54) is 6.42 Å². The molecule has 1 aromatic heterocycles. The monoisotopic (exact) mass is 210 g/mol. The van der Waals surface area contributed by atoms with E-state index in [2.05, 4.69) is 24.1 Å². The van der Waals surface area contributed by atoms with Crippen LogP contribution in [0, 0.1) is 11.3 Å². The van der Waals surface area contributed by atoms with Gasteiger partial charge in [-0.2, -0.15) is 4.98 Å². The molecular weight excluding hydrogens is 196 g/mol. The number of aromatic nitrogens is 1. The smallest absolute Gasteiger partial charge is 0.357 e. The number of nitrogens with zero attached hydrogens (tertiary/aromatic N) is 1. The van der Waals surface area contributed by atoms with Crippen LogP contribution in [0.3, 0.4) is 0 Å². The van der Waals surface area contributed by atoms with Gasteiger partial charge in [0, 0.05) is 6.54 Å². The minimum Gasteiger partial charge on any atom is -0.476 e. The van der Waals surface area contributed by atoms with Crippen LogP contribution in [-0.2, 0) is 0 Å². The second-order valence-corrected chi connectivity index (χ2v) is 4.61. The molecule has 0 saturated heterocycles. The summed E-state index contributed by atoms with van der Waals surface area (Å²) in [5.41, 5.74) is 0.336. The van der Waals surface area contributed by atoms with E-state index in [-0.39, 0.29) is 11.7 Å². The third kappa shape index (κ3) is 2.11. The summed E-state index contributed by atoms with van der Waals surface area (Å²) in [5, 5.41) is 11.6. The number of carboxylic acid groups (broad SMARTS) is 1. The summed E-state index contributed by atoms with van der Waals surface area (Å²) >= 11 is 0. The Morgan fingerprint density at radius 2 is 2.47 bits per heavy atom. The first kappa shape index (κ1) is 10.0. The Balaban J connectivity index is 1.86. The average Bonchev–Trinajstić information content (AvgIpc) is 2.63. The lowest BCUT2D eigenvalue weighted by molar-refractivity contribution is 0.0690. The van der Waals surface area contributed by atoms with Crippen LogP contribution in [0.2, 0.25) is 0 Å². The molecule has 15 heavy (non-hydrogen) atoms. The Bertz CT molecular complexity index is 384. The van der Waals surface area contributed by atoms with Crippen molar-refractivity contribution in [2.75, 3.05) is 11.9 Å². The van der Waals surface area contributed by atoms with Crippen molar-refractivity contribution < 1.29 is 14.3 Å². The number of oxazole rings is 1. The van der Waals surface area contributed by atoms with Crippen LogP contribution in [-0.4, -0.2) is 22.6 Å². The third-order valence-electron chi connectivity index (χ3n) is 2.94. The molecule has 2 N–H and O–H groups in total. The Labute approximate surface area is 87.5 Å².